The number of benzene rings is 1. The van der Waals surface area contributed by atoms with Gasteiger partial charge in [0.05, 0.1) is 0 Å². The van der Waals surface area contributed by atoms with Gasteiger partial charge in [0.15, 0.2) is 0 Å². The van der Waals surface area contributed by atoms with E-state index in [9.17, 15) is 4.57 Å². The molecule has 0 unspecified atom stereocenters. The van der Waals surface area contributed by atoms with E-state index < -0.39 is 7.14 Å². The fourth-order valence-electron chi connectivity index (χ4n) is 2.47. The molecule has 1 saturated heterocycles. The minimum Gasteiger partial charge on any atom is -0.318 e. The van der Waals surface area contributed by atoms with Gasteiger partial charge in [-0.1, -0.05) is 44.2 Å². The molecule has 0 amide bonds. The zero-order valence-corrected chi connectivity index (χ0v) is 9.71. The molecule has 0 aromatic heterocycles. The van der Waals surface area contributed by atoms with Crippen molar-refractivity contribution in [1.82, 2.24) is 0 Å². The van der Waals surface area contributed by atoms with E-state index in [0.717, 1.165) is 18.1 Å². The van der Waals surface area contributed by atoms with E-state index in [1.807, 2.05) is 30.3 Å². The van der Waals surface area contributed by atoms with Crippen molar-refractivity contribution >= 4 is 12.4 Å². The van der Waals surface area contributed by atoms with Crippen molar-refractivity contribution in [2.24, 2.45) is 0 Å². The molecule has 76 valence electrons. The first-order chi connectivity index (χ1) is 6.65. The predicted octanol–water partition coefficient (Wildman–Crippen LogP) is 3.25. The normalized spacial score (nSPS) is 30.4. The summed E-state index contributed by atoms with van der Waals surface area (Å²) in [6.07, 6.45) is 2.24. The Morgan fingerprint density at radius 1 is 1.07 bits per heavy atom. The topological polar surface area (TPSA) is 17.1 Å². The van der Waals surface area contributed by atoms with Crippen LogP contribution >= 0.6 is 7.14 Å². The van der Waals surface area contributed by atoms with E-state index in [4.69, 9.17) is 0 Å². The predicted molar refractivity (Wildman–Crippen MR) is 61.8 cm³/mol. The van der Waals surface area contributed by atoms with Gasteiger partial charge in [0.1, 0.15) is 7.14 Å². The number of hydrogen-bond acceptors (Lipinski definition) is 1. The molecule has 1 fully saturated rings. The summed E-state index contributed by atoms with van der Waals surface area (Å²) in [7, 11) is -2.10. The lowest BCUT2D eigenvalue weighted by Gasteiger charge is -2.21. The molecule has 0 saturated carbocycles. The van der Waals surface area contributed by atoms with Crippen molar-refractivity contribution in [3.8, 4) is 0 Å². The Labute approximate surface area is 85.9 Å². The second-order valence-corrected chi connectivity index (χ2v) is 8.02. The molecule has 1 aliphatic heterocycles. The van der Waals surface area contributed by atoms with Gasteiger partial charge in [0.25, 0.3) is 0 Å². The molecule has 14 heavy (non-hydrogen) atoms. The van der Waals surface area contributed by atoms with Gasteiger partial charge in [-0.25, -0.2) is 0 Å². The number of hydrogen-bond donors (Lipinski definition) is 0. The SMILES string of the molecule is C[C@@H]1CC[C@@H](C)P1(=O)c1ccccc1. The Morgan fingerprint density at radius 2 is 1.57 bits per heavy atom. The van der Waals surface area contributed by atoms with Crippen LogP contribution in [0.25, 0.3) is 0 Å². The van der Waals surface area contributed by atoms with Gasteiger partial charge in [-0.3, -0.25) is 0 Å². The van der Waals surface area contributed by atoms with E-state index in [0.29, 0.717) is 11.3 Å². The first kappa shape index (κ1) is 9.98. The summed E-state index contributed by atoms with van der Waals surface area (Å²) in [4.78, 5) is 0. The Kier molecular flexibility index (Phi) is 2.53. The van der Waals surface area contributed by atoms with Crippen molar-refractivity contribution in [2.75, 3.05) is 0 Å². The fraction of sp³-hybridized carbons (Fsp3) is 0.500. The van der Waals surface area contributed by atoms with Gasteiger partial charge in [-0.05, 0) is 12.8 Å². The van der Waals surface area contributed by atoms with E-state index >= 15 is 0 Å². The lowest BCUT2D eigenvalue weighted by Crippen LogP contribution is -2.15. The lowest BCUT2D eigenvalue weighted by atomic mass is 10.2. The van der Waals surface area contributed by atoms with Crippen LogP contribution in [0.15, 0.2) is 30.3 Å². The fourth-order valence-corrected chi connectivity index (χ4v) is 6.06. The highest BCUT2D eigenvalue weighted by atomic mass is 31.2. The Bertz CT molecular complexity index is 344. The van der Waals surface area contributed by atoms with Crippen LogP contribution in [0.3, 0.4) is 0 Å². The second-order valence-electron chi connectivity index (χ2n) is 4.32. The molecular formula is C12H17OP. The van der Waals surface area contributed by atoms with Crippen LogP contribution in [-0.4, -0.2) is 11.3 Å². The maximum absolute atomic E-state index is 12.9. The number of rotatable bonds is 1. The zero-order chi connectivity index (χ0) is 10.2. The molecule has 2 atom stereocenters. The van der Waals surface area contributed by atoms with Crippen molar-refractivity contribution in [3.05, 3.63) is 30.3 Å². The van der Waals surface area contributed by atoms with Gasteiger partial charge in [0.2, 0.25) is 0 Å². The van der Waals surface area contributed by atoms with Crippen molar-refractivity contribution in [3.63, 3.8) is 0 Å². The highest BCUT2D eigenvalue weighted by Crippen LogP contribution is 2.61. The monoisotopic (exact) mass is 208 g/mol. The largest absolute Gasteiger partial charge is 0.318 e. The first-order valence-corrected chi connectivity index (χ1v) is 7.15. The van der Waals surface area contributed by atoms with Crippen molar-refractivity contribution < 1.29 is 4.57 Å². The minimum absolute atomic E-state index is 0.375. The van der Waals surface area contributed by atoms with Gasteiger partial charge >= 0.3 is 0 Å². The second kappa shape index (κ2) is 3.55. The summed E-state index contributed by atoms with van der Waals surface area (Å²) < 4.78 is 12.9. The molecule has 1 nitrogen and oxygen atoms in total. The molecule has 0 bridgehead atoms. The third-order valence-corrected chi connectivity index (χ3v) is 7.71. The average molecular weight is 208 g/mol. The Hall–Kier alpha value is -0.550. The minimum atomic E-state index is -2.10. The molecule has 1 aromatic rings. The summed E-state index contributed by atoms with van der Waals surface area (Å²) in [5.74, 6) is 0. The molecule has 0 spiro atoms. The third-order valence-electron chi connectivity index (χ3n) is 3.47. The molecule has 1 aliphatic rings. The van der Waals surface area contributed by atoms with Crippen LogP contribution in [0.4, 0.5) is 0 Å². The molecule has 0 N–H and O–H groups in total. The average Bonchev–Trinajstić information content (AvgIpc) is 2.49. The van der Waals surface area contributed by atoms with E-state index in [1.54, 1.807) is 0 Å². The standard InChI is InChI=1S/C12H17OP/c1-10-8-9-11(2)14(10,13)12-6-4-3-5-7-12/h3-7,10-11H,8-9H2,1-2H3/t10-,11-/m1/s1. The molecule has 1 heterocycles. The van der Waals surface area contributed by atoms with Crippen LogP contribution in [0, 0.1) is 0 Å². The molecular weight excluding hydrogens is 191 g/mol. The van der Waals surface area contributed by atoms with Crippen LogP contribution in [0.5, 0.6) is 0 Å². The highest BCUT2D eigenvalue weighted by Gasteiger charge is 2.41. The van der Waals surface area contributed by atoms with Crippen LogP contribution < -0.4 is 5.30 Å². The molecule has 2 rings (SSSR count). The van der Waals surface area contributed by atoms with E-state index in [2.05, 4.69) is 13.8 Å². The molecule has 0 radical (unpaired) electrons. The van der Waals surface area contributed by atoms with Crippen molar-refractivity contribution in [2.45, 2.75) is 38.0 Å². The Morgan fingerprint density at radius 3 is 2.07 bits per heavy atom. The summed E-state index contributed by atoms with van der Waals surface area (Å²) in [6, 6.07) is 10.0. The smallest absolute Gasteiger partial charge is 0.120 e. The van der Waals surface area contributed by atoms with E-state index in [1.165, 1.54) is 0 Å². The summed E-state index contributed by atoms with van der Waals surface area (Å²) >= 11 is 0. The summed E-state index contributed by atoms with van der Waals surface area (Å²) in [5, 5.41) is 1.08. The first-order valence-electron chi connectivity index (χ1n) is 5.30. The summed E-state index contributed by atoms with van der Waals surface area (Å²) in [5.41, 5.74) is 0.750. The van der Waals surface area contributed by atoms with Crippen molar-refractivity contribution in [1.29, 1.82) is 0 Å². The lowest BCUT2D eigenvalue weighted by molar-refractivity contribution is 0.575. The maximum atomic E-state index is 12.9. The third kappa shape index (κ3) is 1.35. The van der Waals surface area contributed by atoms with Gasteiger partial charge in [-0.2, -0.15) is 0 Å². The molecule has 0 aliphatic carbocycles. The Balaban J connectivity index is 2.46. The molecule has 2 heteroatoms. The highest BCUT2D eigenvalue weighted by molar-refractivity contribution is 7.73. The molecule has 1 aromatic carbocycles. The quantitative estimate of drug-likeness (QED) is 0.647. The van der Waals surface area contributed by atoms with Crippen LogP contribution in [0.2, 0.25) is 0 Å². The zero-order valence-electron chi connectivity index (χ0n) is 8.81. The van der Waals surface area contributed by atoms with Gasteiger partial charge in [-0.15, -0.1) is 0 Å². The van der Waals surface area contributed by atoms with Crippen LogP contribution in [-0.2, 0) is 4.57 Å². The van der Waals surface area contributed by atoms with E-state index in [-0.39, 0.29) is 0 Å². The maximum Gasteiger partial charge on any atom is 0.120 e. The summed E-state index contributed by atoms with van der Waals surface area (Å²) in [6.45, 7) is 4.27. The van der Waals surface area contributed by atoms with Gasteiger partial charge < -0.3 is 4.57 Å². The van der Waals surface area contributed by atoms with Gasteiger partial charge in [0, 0.05) is 16.6 Å². The van der Waals surface area contributed by atoms with Crippen LogP contribution in [0.1, 0.15) is 26.7 Å².